The van der Waals surface area contributed by atoms with E-state index in [1.807, 2.05) is 38.1 Å². The third-order valence-corrected chi connectivity index (χ3v) is 6.31. The summed E-state index contributed by atoms with van der Waals surface area (Å²) in [6.45, 7) is 9.29. The number of rotatable bonds is 12. The number of unbranched alkanes of at least 4 members (excludes halogenated alkanes) is 1. The van der Waals surface area contributed by atoms with Crippen LogP contribution in [0.2, 0.25) is 0 Å². The molecule has 0 unspecified atom stereocenters. The Morgan fingerprint density at radius 3 is 2.16 bits per heavy atom. The summed E-state index contributed by atoms with van der Waals surface area (Å²) in [5, 5.41) is 3.01. The van der Waals surface area contributed by atoms with Gasteiger partial charge in [-0.05, 0) is 44.4 Å². The van der Waals surface area contributed by atoms with Crippen LogP contribution in [0.1, 0.15) is 56.2 Å². The highest BCUT2D eigenvalue weighted by molar-refractivity contribution is 7.99. The first-order valence-corrected chi connectivity index (χ1v) is 12.2. The van der Waals surface area contributed by atoms with Gasteiger partial charge in [0.25, 0.3) is 0 Å². The van der Waals surface area contributed by atoms with Gasteiger partial charge in [-0.25, -0.2) is 0 Å². The Kier molecular flexibility index (Phi) is 10.6. The molecule has 0 aromatic heterocycles. The Morgan fingerprint density at radius 1 is 0.968 bits per heavy atom. The van der Waals surface area contributed by atoms with Gasteiger partial charge in [-0.2, -0.15) is 0 Å². The zero-order valence-electron chi connectivity index (χ0n) is 19.3. The van der Waals surface area contributed by atoms with Gasteiger partial charge in [0, 0.05) is 30.2 Å². The molecule has 168 valence electrons. The summed E-state index contributed by atoms with van der Waals surface area (Å²) in [6, 6.07) is 16.1. The molecular formula is C26H36N2O2S. The highest BCUT2D eigenvalue weighted by atomic mass is 32.2. The van der Waals surface area contributed by atoms with Crippen LogP contribution in [0.3, 0.4) is 0 Å². The van der Waals surface area contributed by atoms with E-state index in [2.05, 4.69) is 43.4 Å². The van der Waals surface area contributed by atoms with Crippen LogP contribution in [0.25, 0.3) is 0 Å². The van der Waals surface area contributed by atoms with Gasteiger partial charge < -0.3 is 10.2 Å². The molecule has 1 N–H and O–H groups in total. The zero-order chi connectivity index (χ0) is 22.6. The lowest BCUT2D eigenvalue weighted by Crippen LogP contribution is -2.49. The predicted molar refractivity (Wildman–Crippen MR) is 130 cm³/mol. The van der Waals surface area contributed by atoms with Crippen molar-refractivity contribution in [1.82, 2.24) is 10.2 Å². The molecule has 0 bridgehead atoms. The number of nitrogens with one attached hydrogen (secondary N) is 1. The molecule has 0 aliphatic carbocycles. The number of aryl methyl sites for hydroxylation is 2. The zero-order valence-corrected chi connectivity index (χ0v) is 20.1. The van der Waals surface area contributed by atoms with Crippen LogP contribution < -0.4 is 5.32 Å². The normalized spacial score (nSPS) is 11.7. The van der Waals surface area contributed by atoms with Gasteiger partial charge in [-0.15, -0.1) is 11.8 Å². The van der Waals surface area contributed by atoms with E-state index in [0.717, 1.165) is 23.3 Å². The first-order chi connectivity index (χ1) is 14.9. The lowest BCUT2D eigenvalue weighted by atomic mass is 10.1. The van der Waals surface area contributed by atoms with Crippen molar-refractivity contribution in [3.05, 3.63) is 65.2 Å². The summed E-state index contributed by atoms with van der Waals surface area (Å²) in [6.07, 6.45) is 2.98. The SMILES string of the molecule is CCCCNC(=O)[C@H](CC)N(Cc1ccc(C)cc1)C(=O)CCSc1ccc(C)cc1. The third-order valence-electron chi connectivity index (χ3n) is 5.29. The molecule has 0 aliphatic heterocycles. The van der Waals surface area contributed by atoms with E-state index in [0.29, 0.717) is 31.7 Å². The van der Waals surface area contributed by atoms with E-state index in [-0.39, 0.29) is 11.8 Å². The molecule has 5 heteroatoms. The van der Waals surface area contributed by atoms with Crippen LogP contribution in [0.4, 0.5) is 0 Å². The molecule has 0 radical (unpaired) electrons. The molecule has 0 spiro atoms. The molecule has 1 atom stereocenters. The summed E-state index contributed by atoms with van der Waals surface area (Å²) in [4.78, 5) is 29.0. The topological polar surface area (TPSA) is 49.4 Å². The third kappa shape index (κ3) is 8.41. The summed E-state index contributed by atoms with van der Waals surface area (Å²) >= 11 is 1.68. The number of benzene rings is 2. The van der Waals surface area contributed by atoms with Gasteiger partial charge in [0.2, 0.25) is 11.8 Å². The van der Waals surface area contributed by atoms with E-state index < -0.39 is 6.04 Å². The number of carbonyl (C=O) groups excluding carboxylic acids is 2. The molecular weight excluding hydrogens is 404 g/mol. The molecule has 0 fully saturated rings. The highest BCUT2D eigenvalue weighted by Gasteiger charge is 2.28. The first-order valence-electron chi connectivity index (χ1n) is 11.3. The fourth-order valence-electron chi connectivity index (χ4n) is 3.35. The van der Waals surface area contributed by atoms with E-state index in [9.17, 15) is 9.59 Å². The predicted octanol–water partition coefficient (Wildman–Crippen LogP) is 5.51. The summed E-state index contributed by atoms with van der Waals surface area (Å²) in [5.41, 5.74) is 3.45. The fraction of sp³-hybridized carbons (Fsp3) is 0.462. The average molecular weight is 441 g/mol. The Bertz CT molecular complexity index is 818. The molecule has 2 aromatic rings. The van der Waals surface area contributed by atoms with E-state index in [4.69, 9.17) is 0 Å². The van der Waals surface area contributed by atoms with Gasteiger partial charge in [0.05, 0.1) is 0 Å². The van der Waals surface area contributed by atoms with Crippen LogP contribution in [0.5, 0.6) is 0 Å². The first kappa shape index (κ1) is 25.0. The molecule has 2 amide bonds. The Hall–Kier alpha value is -2.27. The van der Waals surface area contributed by atoms with Gasteiger partial charge in [-0.3, -0.25) is 9.59 Å². The van der Waals surface area contributed by atoms with Gasteiger partial charge in [-0.1, -0.05) is 67.8 Å². The van der Waals surface area contributed by atoms with Crippen LogP contribution in [-0.2, 0) is 16.1 Å². The van der Waals surface area contributed by atoms with Crippen molar-refractivity contribution in [3.63, 3.8) is 0 Å². The second-order valence-corrected chi connectivity index (χ2v) is 9.16. The Balaban J connectivity index is 2.08. The van der Waals surface area contributed by atoms with Crippen molar-refractivity contribution in [1.29, 1.82) is 0 Å². The number of amides is 2. The van der Waals surface area contributed by atoms with E-state index in [1.54, 1.807) is 16.7 Å². The number of nitrogens with zero attached hydrogens (tertiary/aromatic N) is 1. The van der Waals surface area contributed by atoms with Crippen LogP contribution in [-0.4, -0.2) is 35.1 Å². The van der Waals surface area contributed by atoms with Crippen molar-refractivity contribution < 1.29 is 9.59 Å². The second kappa shape index (κ2) is 13.2. The van der Waals surface area contributed by atoms with Crippen LogP contribution in [0, 0.1) is 13.8 Å². The Labute approximate surface area is 191 Å². The minimum atomic E-state index is -0.449. The van der Waals surface area contributed by atoms with Crippen LogP contribution >= 0.6 is 11.8 Å². The minimum Gasteiger partial charge on any atom is -0.354 e. The average Bonchev–Trinajstić information content (AvgIpc) is 2.76. The van der Waals surface area contributed by atoms with Crippen LogP contribution in [0.15, 0.2) is 53.4 Å². The summed E-state index contributed by atoms with van der Waals surface area (Å²) < 4.78 is 0. The minimum absolute atomic E-state index is 0.0256. The molecule has 31 heavy (non-hydrogen) atoms. The molecule has 0 heterocycles. The molecule has 4 nitrogen and oxygen atoms in total. The van der Waals surface area contributed by atoms with E-state index >= 15 is 0 Å². The second-order valence-electron chi connectivity index (χ2n) is 7.99. The number of hydrogen-bond acceptors (Lipinski definition) is 3. The van der Waals surface area contributed by atoms with Crippen molar-refractivity contribution in [2.24, 2.45) is 0 Å². The van der Waals surface area contributed by atoms with Gasteiger partial charge >= 0.3 is 0 Å². The molecule has 2 aromatic carbocycles. The van der Waals surface area contributed by atoms with Crippen molar-refractivity contribution in [3.8, 4) is 0 Å². The standard InChI is InChI=1S/C26H36N2O2S/c1-5-7-17-27-26(30)24(6-2)28(19-22-12-8-20(3)9-13-22)25(29)16-18-31-23-14-10-21(4)11-15-23/h8-15,24H,5-7,16-19H2,1-4H3,(H,27,30)/t24-/m0/s1. The highest BCUT2D eigenvalue weighted by Crippen LogP contribution is 2.21. The number of thioether (sulfide) groups is 1. The van der Waals surface area contributed by atoms with Gasteiger partial charge in [0.1, 0.15) is 6.04 Å². The van der Waals surface area contributed by atoms with Gasteiger partial charge in [0.15, 0.2) is 0 Å². The maximum atomic E-state index is 13.2. The lowest BCUT2D eigenvalue weighted by Gasteiger charge is -2.30. The number of hydrogen-bond donors (Lipinski definition) is 1. The van der Waals surface area contributed by atoms with Crippen molar-refractivity contribution in [2.45, 2.75) is 70.9 Å². The largest absolute Gasteiger partial charge is 0.354 e. The Morgan fingerprint density at radius 2 is 1.58 bits per heavy atom. The summed E-state index contributed by atoms with van der Waals surface area (Å²) in [5.74, 6) is 0.667. The van der Waals surface area contributed by atoms with E-state index in [1.165, 1.54) is 11.1 Å². The quantitative estimate of drug-likeness (QED) is 0.350. The summed E-state index contributed by atoms with van der Waals surface area (Å²) in [7, 11) is 0. The molecule has 0 saturated carbocycles. The molecule has 0 aliphatic rings. The fourth-order valence-corrected chi connectivity index (χ4v) is 4.19. The number of carbonyl (C=O) groups is 2. The van der Waals surface area contributed by atoms with Crippen molar-refractivity contribution in [2.75, 3.05) is 12.3 Å². The molecule has 0 saturated heterocycles. The maximum absolute atomic E-state index is 13.2. The monoisotopic (exact) mass is 440 g/mol. The molecule has 2 rings (SSSR count). The maximum Gasteiger partial charge on any atom is 0.242 e. The lowest BCUT2D eigenvalue weighted by molar-refractivity contribution is -0.141. The van der Waals surface area contributed by atoms with Crippen molar-refractivity contribution >= 4 is 23.6 Å². The smallest absolute Gasteiger partial charge is 0.242 e.